The molecule has 1 aliphatic heterocycles. The maximum Gasteiger partial charge on any atom is 0.137 e. The highest BCUT2D eigenvalue weighted by Crippen LogP contribution is 2.64. The molecule has 0 amide bonds. The molecule has 0 saturated carbocycles. The van der Waals surface area contributed by atoms with Crippen LogP contribution >= 0.6 is 0 Å². The highest BCUT2D eigenvalue weighted by atomic mass is 16.3. The van der Waals surface area contributed by atoms with Gasteiger partial charge in [-0.15, -0.1) is 0 Å². The van der Waals surface area contributed by atoms with E-state index in [0.717, 1.165) is 66.9 Å². The average molecular weight is 823 g/mol. The van der Waals surface area contributed by atoms with Gasteiger partial charge in [0, 0.05) is 33.6 Å². The summed E-state index contributed by atoms with van der Waals surface area (Å²) < 4.78 is 13.2. The van der Waals surface area contributed by atoms with Gasteiger partial charge in [-0.3, -0.25) is 0 Å². The molecule has 2 aromatic heterocycles. The summed E-state index contributed by atoms with van der Waals surface area (Å²) in [7, 11) is 0. The lowest BCUT2D eigenvalue weighted by atomic mass is 9.64. The smallest absolute Gasteiger partial charge is 0.137 e. The van der Waals surface area contributed by atoms with Crippen LogP contribution in [-0.4, -0.2) is 0 Å². The normalized spacial score (nSPS) is 13.4. The predicted octanol–water partition coefficient (Wildman–Crippen LogP) is 16.7. The summed E-state index contributed by atoms with van der Waals surface area (Å²) >= 11 is 0. The van der Waals surface area contributed by atoms with E-state index in [1.807, 2.05) is 6.26 Å². The minimum atomic E-state index is -0.601. The molecule has 0 N–H and O–H groups in total. The molecule has 1 aliphatic carbocycles. The van der Waals surface area contributed by atoms with E-state index in [0.29, 0.717) is 5.92 Å². The number of fused-ring (bicyclic) bond motifs is 13. The lowest BCUT2D eigenvalue weighted by Crippen LogP contribution is -2.36. The molecule has 0 saturated heterocycles. The molecule has 4 heteroatoms. The Morgan fingerprint density at radius 1 is 0.453 bits per heavy atom. The van der Waals surface area contributed by atoms with Gasteiger partial charge in [0.15, 0.2) is 0 Å². The van der Waals surface area contributed by atoms with Gasteiger partial charge in [0.2, 0.25) is 0 Å². The molecule has 3 heterocycles. The van der Waals surface area contributed by atoms with Gasteiger partial charge < -0.3 is 18.6 Å². The standard InChI is InChI=1S/C60H42N2O2/c1-38(2)40-25-29-48-56(37-63-58(48)34-40)61(44-27-30-47-49-33-41(39-15-5-3-6-16-39)26-32-57(49)64-59(47)36-44)43-28-31-55-53(35-43)60(50-21-11-9-19-45(50)46-20-10-12-22-51(46)60)52-23-13-14-24-54(52)62(55)42-17-7-4-8-18-42/h3-38H,1-2H3. The Morgan fingerprint density at radius 2 is 1.09 bits per heavy atom. The van der Waals surface area contributed by atoms with Crippen LogP contribution in [0.15, 0.2) is 221 Å². The summed E-state index contributed by atoms with van der Waals surface area (Å²) in [4.78, 5) is 4.80. The van der Waals surface area contributed by atoms with Crippen molar-refractivity contribution in [2.75, 3.05) is 9.80 Å². The topological polar surface area (TPSA) is 32.8 Å². The molecule has 304 valence electrons. The third kappa shape index (κ3) is 5.23. The third-order valence-corrected chi connectivity index (χ3v) is 13.7. The van der Waals surface area contributed by atoms with Crippen LogP contribution in [0.5, 0.6) is 0 Å². The van der Waals surface area contributed by atoms with E-state index >= 15 is 0 Å². The number of hydrogen-bond acceptors (Lipinski definition) is 4. The number of benzene rings is 9. The van der Waals surface area contributed by atoms with Crippen molar-refractivity contribution in [2.24, 2.45) is 0 Å². The second kappa shape index (κ2) is 14.0. The molecule has 64 heavy (non-hydrogen) atoms. The van der Waals surface area contributed by atoms with Crippen LogP contribution in [0.4, 0.5) is 34.1 Å². The van der Waals surface area contributed by atoms with Crippen molar-refractivity contribution in [2.45, 2.75) is 25.2 Å². The first-order valence-electron chi connectivity index (χ1n) is 22.2. The van der Waals surface area contributed by atoms with Crippen molar-refractivity contribution < 1.29 is 8.83 Å². The molecule has 0 unspecified atom stereocenters. The third-order valence-electron chi connectivity index (χ3n) is 13.7. The predicted molar refractivity (Wildman–Crippen MR) is 263 cm³/mol. The lowest BCUT2D eigenvalue weighted by Gasteiger charge is -2.45. The van der Waals surface area contributed by atoms with E-state index in [4.69, 9.17) is 8.83 Å². The molecule has 0 bridgehead atoms. The van der Waals surface area contributed by atoms with Crippen LogP contribution in [0.25, 0.3) is 55.2 Å². The first-order chi connectivity index (χ1) is 31.6. The van der Waals surface area contributed by atoms with Crippen molar-refractivity contribution in [3.63, 3.8) is 0 Å². The van der Waals surface area contributed by atoms with Crippen LogP contribution in [-0.2, 0) is 5.41 Å². The zero-order chi connectivity index (χ0) is 42.5. The quantitative estimate of drug-likeness (QED) is 0.167. The molecule has 2 aliphatic rings. The van der Waals surface area contributed by atoms with E-state index in [2.05, 4.69) is 230 Å². The lowest BCUT2D eigenvalue weighted by molar-refractivity contribution is 0.615. The second-order valence-electron chi connectivity index (χ2n) is 17.5. The molecule has 0 atom stereocenters. The first-order valence-corrected chi connectivity index (χ1v) is 22.2. The summed E-state index contributed by atoms with van der Waals surface area (Å²) in [6, 6.07) is 75.1. The number of para-hydroxylation sites is 2. The van der Waals surface area contributed by atoms with Gasteiger partial charge in [-0.1, -0.05) is 141 Å². The summed E-state index contributed by atoms with van der Waals surface area (Å²) in [5.74, 6) is 0.372. The summed E-state index contributed by atoms with van der Waals surface area (Å²) in [5, 5.41) is 3.22. The van der Waals surface area contributed by atoms with Gasteiger partial charge >= 0.3 is 0 Å². The average Bonchev–Trinajstić information content (AvgIpc) is 4.03. The molecule has 11 aromatic rings. The Kier molecular flexibility index (Phi) is 7.98. The van der Waals surface area contributed by atoms with Crippen LogP contribution in [0.2, 0.25) is 0 Å². The Balaban J connectivity index is 1.08. The monoisotopic (exact) mass is 822 g/mol. The number of hydrogen-bond donors (Lipinski definition) is 0. The largest absolute Gasteiger partial charge is 0.462 e. The van der Waals surface area contributed by atoms with Gasteiger partial charge in [0.05, 0.1) is 28.2 Å². The molecular weight excluding hydrogens is 781 g/mol. The Hall–Kier alpha value is -8.08. The van der Waals surface area contributed by atoms with E-state index in [1.165, 1.54) is 50.2 Å². The van der Waals surface area contributed by atoms with Gasteiger partial charge in [0.1, 0.15) is 23.0 Å². The highest BCUT2D eigenvalue weighted by molar-refractivity contribution is 6.08. The molecular formula is C60H42N2O2. The fraction of sp³-hybridized carbons (Fsp3) is 0.0667. The maximum atomic E-state index is 6.71. The molecule has 1 spiro atoms. The number of nitrogens with zero attached hydrogens (tertiary/aromatic N) is 2. The fourth-order valence-electron chi connectivity index (χ4n) is 10.8. The molecule has 0 radical (unpaired) electrons. The molecule has 4 nitrogen and oxygen atoms in total. The summed E-state index contributed by atoms with van der Waals surface area (Å²) in [6.45, 7) is 4.45. The zero-order valence-corrected chi connectivity index (χ0v) is 35.5. The SMILES string of the molecule is CC(C)c1ccc2c(N(c3ccc4c(c3)C3(c5ccccc5-c5ccccc53)c3ccccc3N4c3ccccc3)c3ccc4c(c3)oc3ccc(-c5ccccc5)cc34)coc2c1. The van der Waals surface area contributed by atoms with Crippen LogP contribution < -0.4 is 9.80 Å². The Bertz CT molecular complexity index is 3570. The first kappa shape index (κ1) is 36.6. The molecule has 13 rings (SSSR count). The molecule has 0 fully saturated rings. The van der Waals surface area contributed by atoms with Crippen molar-refractivity contribution >= 4 is 67.0 Å². The van der Waals surface area contributed by atoms with Gasteiger partial charge in [-0.2, -0.15) is 0 Å². The number of furan rings is 2. The van der Waals surface area contributed by atoms with Crippen molar-refractivity contribution in [3.8, 4) is 22.3 Å². The van der Waals surface area contributed by atoms with E-state index in [9.17, 15) is 0 Å². The second-order valence-corrected chi connectivity index (χ2v) is 17.5. The van der Waals surface area contributed by atoms with Crippen molar-refractivity contribution in [1.29, 1.82) is 0 Å². The minimum Gasteiger partial charge on any atom is -0.462 e. The van der Waals surface area contributed by atoms with Gasteiger partial charge in [-0.05, 0) is 129 Å². The van der Waals surface area contributed by atoms with Crippen molar-refractivity contribution in [3.05, 3.63) is 240 Å². The Labute approximate surface area is 371 Å². The fourth-order valence-corrected chi connectivity index (χ4v) is 10.8. The maximum absolute atomic E-state index is 6.71. The number of rotatable bonds is 6. The Morgan fingerprint density at radius 3 is 1.86 bits per heavy atom. The van der Waals surface area contributed by atoms with E-state index < -0.39 is 5.41 Å². The highest BCUT2D eigenvalue weighted by Gasteiger charge is 2.51. The number of anilines is 6. The van der Waals surface area contributed by atoms with Crippen LogP contribution in [0, 0.1) is 0 Å². The summed E-state index contributed by atoms with van der Waals surface area (Å²) in [5.41, 5.74) is 19.5. The van der Waals surface area contributed by atoms with Crippen molar-refractivity contribution in [1.82, 2.24) is 0 Å². The van der Waals surface area contributed by atoms with E-state index in [-0.39, 0.29) is 0 Å². The minimum absolute atomic E-state index is 0.372. The van der Waals surface area contributed by atoms with Crippen LogP contribution in [0.1, 0.15) is 47.6 Å². The zero-order valence-electron chi connectivity index (χ0n) is 35.5. The van der Waals surface area contributed by atoms with E-state index in [1.54, 1.807) is 0 Å². The summed E-state index contributed by atoms with van der Waals surface area (Å²) in [6.07, 6.45) is 1.92. The molecule has 9 aromatic carbocycles. The van der Waals surface area contributed by atoms with Crippen LogP contribution in [0.3, 0.4) is 0 Å². The van der Waals surface area contributed by atoms with Gasteiger partial charge in [-0.25, -0.2) is 0 Å². The van der Waals surface area contributed by atoms with Gasteiger partial charge in [0.25, 0.3) is 0 Å².